The molecule has 10 heteroatoms. The van der Waals surface area contributed by atoms with Gasteiger partial charge in [-0.3, -0.25) is 14.9 Å². The normalized spacial score (nSPS) is 14.3. The number of hydrogen-bond acceptors (Lipinski definition) is 5. The van der Waals surface area contributed by atoms with Gasteiger partial charge in [-0.05, 0) is 83.4 Å². The van der Waals surface area contributed by atoms with E-state index in [1.54, 1.807) is 66.7 Å². The Morgan fingerprint density at radius 3 is 1.88 bits per heavy atom. The first-order valence-corrected chi connectivity index (χ1v) is 13.5. The molecule has 0 unspecified atom stereocenters. The first kappa shape index (κ1) is 28.2. The van der Waals surface area contributed by atoms with E-state index in [1.165, 1.54) is 6.08 Å². The molecular formula is C31H21Cl3N2O5. The summed E-state index contributed by atoms with van der Waals surface area (Å²) in [6, 6.07) is 24.9. The highest BCUT2D eigenvalue weighted by atomic mass is 35.5. The van der Waals surface area contributed by atoms with Gasteiger partial charge in [0.15, 0.2) is 0 Å². The third kappa shape index (κ3) is 6.89. The summed E-state index contributed by atoms with van der Waals surface area (Å²) in [4.78, 5) is 39.4. The molecule has 1 N–H and O–H groups in total. The fourth-order valence-electron chi connectivity index (χ4n) is 3.96. The van der Waals surface area contributed by atoms with Gasteiger partial charge in [0.05, 0.1) is 10.7 Å². The Hall–Kier alpha value is -4.30. The smallest absolute Gasteiger partial charge is 0.335 e. The number of nitrogens with zero attached hydrogens (tertiary/aromatic N) is 1. The molecular weight excluding hydrogens is 587 g/mol. The van der Waals surface area contributed by atoms with E-state index in [2.05, 4.69) is 5.32 Å². The minimum atomic E-state index is -0.851. The number of urea groups is 1. The molecule has 0 aliphatic carbocycles. The van der Waals surface area contributed by atoms with Crippen LogP contribution in [-0.4, -0.2) is 17.8 Å². The fourth-order valence-corrected chi connectivity index (χ4v) is 4.46. The highest BCUT2D eigenvalue weighted by Crippen LogP contribution is 2.29. The van der Waals surface area contributed by atoms with Gasteiger partial charge >= 0.3 is 6.03 Å². The van der Waals surface area contributed by atoms with Gasteiger partial charge in [-0.25, -0.2) is 9.69 Å². The second-order valence-corrected chi connectivity index (χ2v) is 10.3. The predicted octanol–water partition coefficient (Wildman–Crippen LogP) is 7.47. The van der Waals surface area contributed by atoms with Crippen molar-refractivity contribution in [2.75, 3.05) is 4.90 Å². The van der Waals surface area contributed by atoms with E-state index < -0.39 is 17.8 Å². The van der Waals surface area contributed by atoms with Gasteiger partial charge in [-0.15, -0.1) is 0 Å². The topological polar surface area (TPSA) is 84.9 Å². The lowest BCUT2D eigenvalue weighted by atomic mass is 10.1. The lowest BCUT2D eigenvalue weighted by molar-refractivity contribution is -0.122. The number of ether oxygens (including phenoxy) is 2. The molecule has 4 amide bonds. The summed E-state index contributed by atoms with van der Waals surface area (Å²) in [7, 11) is 0. The molecule has 1 fully saturated rings. The van der Waals surface area contributed by atoms with Crippen LogP contribution in [0, 0.1) is 0 Å². The summed E-state index contributed by atoms with van der Waals surface area (Å²) in [5.41, 5.74) is 2.37. The molecule has 7 nitrogen and oxygen atoms in total. The van der Waals surface area contributed by atoms with Crippen molar-refractivity contribution < 1.29 is 23.9 Å². The quantitative estimate of drug-likeness (QED) is 0.166. The van der Waals surface area contributed by atoms with E-state index >= 15 is 0 Å². The van der Waals surface area contributed by atoms with Crippen molar-refractivity contribution in [1.29, 1.82) is 0 Å². The molecule has 1 heterocycles. The molecule has 0 saturated carbocycles. The molecule has 0 radical (unpaired) electrons. The second kappa shape index (κ2) is 12.5. The van der Waals surface area contributed by atoms with E-state index in [0.29, 0.717) is 38.7 Å². The number of carbonyl (C=O) groups excluding carboxylic acids is 3. The highest BCUT2D eigenvalue weighted by molar-refractivity contribution is 6.39. The lowest BCUT2D eigenvalue weighted by Gasteiger charge is -2.26. The zero-order valence-electron chi connectivity index (χ0n) is 21.3. The van der Waals surface area contributed by atoms with Crippen LogP contribution in [0.4, 0.5) is 10.5 Å². The molecule has 4 aromatic carbocycles. The number of carbonyl (C=O) groups is 3. The maximum atomic E-state index is 13.3. The van der Waals surface area contributed by atoms with Crippen molar-refractivity contribution in [2.45, 2.75) is 13.2 Å². The molecule has 0 aromatic heterocycles. The molecule has 5 rings (SSSR count). The van der Waals surface area contributed by atoms with Gasteiger partial charge in [-0.1, -0.05) is 65.1 Å². The van der Waals surface area contributed by atoms with E-state index in [4.69, 9.17) is 44.3 Å². The summed E-state index contributed by atoms with van der Waals surface area (Å²) in [5.74, 6) is -0.613. The number of nitrogens with one attached hydrogen (secondary N) is 1. The van der Waals surface area contributed by atoms with Crippen molar-refractivity contribution in [2.24, 2.45) is 0 Å². The maximum absolute atomic E-state index is 13.3. The fraction of sp³-hybridized carbons (Fsp3) is 0.0645. The van der Waals surface area contributed by atoms with Crippen LogP contribution in [-0.2, 0) is 22.8 Å². The van der Waals surface area contributed by atoms with E-state index in [9.17, 15) is 14.4 Å². The number of imide groups is 2. The summed E-state index contributed by atoms with van der Waals surface area (Å²) >= 11 is 18.2. The number of amides is 4. The Kier molecular flexibility index (Phi) is 8.59. The van der Waals surface area contributed by atoms with Gasteiger partial charge in [0, 0.05) is 10.0 Å². The van der Waals surface area contributed by atoms with Crippen LogP contribution in [0.15, 0.2) is 96.6 Å². The molecule has 4 aromatic rings. The van der Waals surface area contributed by atoms with Crippen molar-refractivity contribution in [3.63, 3.8) is 0 Å². The maximum Gasteiger partial charge on any atom is 0.335 e. The third-order valence-electron chi connectivity index (χ3n) is 6.09. The molecule has 41 heavy (non-hydrogen) atoms. The summed E-state index contributed by atoms with van der Waals surface area (Å²) in [6.45, 7) is 0.592. The number of halogens is 3. The largest absolute Gasteiger partial charge is 0.489 e. The van der Waals surface area contributed by atoms with Crippen molar-refractivity contribution >= 4 is 64.4 Å². The third-order valence-corrected chi connectivity index (χ3v) is 6.89. The van der Waals surface area contributed by atoms with Crippen LogP contribution >= 0.6 is 34.8 Å². The SMILES string of the molecule is O=C1NC(=O)N(c2ccc(OCc3ccc(Cl)cc3)cc2)C(=O)/C1=C/c1ccc(OCc2ccc(Cl)cc2)c(Cl)c1. The summed E-state index contributed by atoms with van der Waals surface area (Å²) in [6.07, 6.45) is 1.37. The van der Waals surface area contributed by atoms with Crippen LogP contribution in [0.25, 0.3) is 6.08 Å². The first-order valence-electron chi connectivity index (χ1n) is 12.3. The van der Waals surface area contributed by atoms with Crippen LogP contribution in [0.2, 0.25) is 15.1 Å². The monoisotopic (exact) mass is 606 g/mol. The zero-order chi connectivity index (χ0) is 28.9. The van der Waals surface area contributed by atoms with Crippen molar-refractivity contribution in [3.05, 3.63) is 128 Å². The summed E-state index contributed by atoms with van der Waals surface area (Å²) in [5, 5.41) is 3.76. The van der Waals surface area contributed by atoms with E-state index in [0.717, 1.165) is 16.0 Å². The molecule has 206 valence electrons. The van der Waals surface area contributed by atoms with Crippen LogP contribution < -0.4 is 19.7 Å². The average molecular weight is 608 g/mol. The van der Waals surface area contributed by atoms with E-state index in [-0.39, 0.29) is 17.9 Å². The van der Waals surface area contributed by atoms with Crippen LogP contribution in [0.1, 0.15) is 16.7 Å². The molecule has 0 bridgehead atoms. The van der Waals surface area contributed by atoms with E-state index in [1.807, 2.05) is 24.3 Å². The van der Waals surface area contributed by atoms with Gasteiger partial charge < -0.3 is 9.47 Å². The number of anilines is 1. The molecule has 1 saturated heterocycles. The minimum absolute atomic E-state index is 0.224. The first-order chi connectivity index (χ1) is 19.8. The molecule has 1 aliphatic heterocycles. The van der Waals surface area contributed by atoms with Gasteiger partial charge in [0.1, 0.15) is 30.3 Å². The number of hydrogen-bond donors (Lipinski definition) is 1. The Morgan fingerprint density at radius 2 is 1.29 bits per heavy atom. The molecule has 1 aliphatic rings. The number of barbiturate groups is 1. The van der Waals surface area contributed by atoms with Crippen molar-refractivity contribution in [1.82, 2.24) is 5.32 Å². The van der Waals surface area contributed by atoms with Gasteiger partial charge in [0.25, 0.3) is 11.8 Å². The highest BCUT2D eigenvalue weighted by Gasteiger charge is 2.36. The Bertz CT molecular complexity index is 1640. The Balaban J connectivity index is 1.28. The second-order valence-electron chi connectivity index (χ2n) is 8.97. The molecule has 0 atom stereocenters. The Labute approximate surface area is 250 Å². The van der Waals surface area contributed by atoms with Crippen LogP contribution in [0.5, 0.6) is 11.5 Å². The van der Waals surface area contributed by atoms with Crippen LogP contribution in [0.3, 0.4) is 0 Å². The number of benzene rings is 4. The van der Waals surface area contributed by atoms with Crippen molar-refractivity contribution in [3.8, 4) is 11.5 Å². The minimum Gasteiger partial charge on any atom is -0.489 e. The summed E-state index contributed by atoms with van der Waals surface area (Å²) < 4.78 is 11.6. The molecule has 0 spiro atoms. The van der Waals surface area contributed by atoms with Gasteiger partial charge in [-0.2, -0.15) is 0 Å². The lowest BCUT2D eigenvalue weighted by Crippen LogP contribution is -2.54. The Morgan fingerprint density at radius 1 is 0.707 bits per heavy atom. The van der Waals surface area contributed by atoms with Gasteiger partial charge in [0.2, 0.25) is 0 Å². The zero-order valence-corrected chi connectivity index (χ0v) is 23.5. The predicted molar refractivity (Wildman–Crippen MR) is 158 cm³/mol. The average Bonchev–Trinajstić information content (AvgIpc) is 2.96. The number of rotatable bonds is 8. The standard InChI is InChI=1S/C31H21Cl3N2O5/c32-22-6-1-19(2-7-22)17-40-25-12-10-24(11-13-25)36-30(38)26(29(37)35-31(36)39)15-21-5-14-28(27(34)16-21)41-18-20-3-8-23(33)9-4-20/h1-16H,17-18H2,(H,35,37,39)/b26-15+.